The SMILES string of the molecule is Cc1ccc(Br)c(OCC(=O)NC2CC2)c1. The van der Waals surface area contributed by atoms with Crippen LogP contribution in [0.4, 0.5) is 0 Å². The maximum absolute atomic E-state index is 11.4. The van der Waals surface area contributed by atoms with E-state index in [-0.39, 0.29) is 12.5 Å². The highest BCUT2D eigenvalue weighted by molar-refractivity contribution is 9.10. The summed E-state index contributed by atoms with van der Waals surface area (Å²) >= 11 is 3.39. The lowest BCUT2D eigenvalue weighted by atomic mass is 10.2. The van der Waals surface area contributed by atoms with E-state index in [1.54, 1.807) is 0 Å². The number of aryl methyl sites for hydroxylation is 1. The maximum Gasteiger partial charge on any atom is 0.258 e. The van der Waals surface area contributed by atoms with Gasteiger partial charge in [0.25, 0.3) is 5.91 Å². The van der Waals surface area contributed by atoms with Crippen LogP contribution in [0.3, 0.4) is 0 Å². The first-order valence-corrected chi connectivity index (χ1v) is 6.13. The van der Waals surface area contributed by atoms with Crippen molar-refractivity contribution in [2.24, 2.45) is 0 Å². The Balaban J connectivity index is 1.87. The van der Waals surface area contributed by atoms with Gasteiger partial charge >= 0.3 is 0 Å². The van der Waals surface area contributed by atoms with Crippen molar-refractivity contribution in [1.82, 2.24) is 5.32 Å². The van der Waals surface area contributed by atoms with Crippen molar-refractivity contribution < 1.29 is 9.53 Å². The molecule has 0 heterocycles. The Labute approximate surface area is 103 Å². The Morgan fingerprint density at radius 1 is 1.56 bits per heavy atom. The van der Waals surface area contributed by atoms with Gasteiger partial charge in [0, 0.05) is 6.04 Å². The summed E-state index contributed by atoms with van der Waals surface area (Å²) in [5, 5.41) is 2.88. The molecule has 3 nitrogen and oxygen atoms in total. The Morgan fingerprint density at radius 3 is 3.00 bits per heavy atom. The highest BCUT2D eigenvalue weighted by Crippen LogP contribution is 2.25. The van der Waals surface area contributed by atoms with Gasteiger partial charge in [-0.15, -0.1) is 0 Å². The fourth-order valence-electron chi connectivity index (χ4n) is 1.36. The molecular formula is C12H14BrNO2. The molecule has 0 radical (unpaired) electrons. The van der Waals surface area contributed by atoms with Gasteiger partial charge in [-0.25, -0.2) is 0 Å². The van der Waals surface area contributed by atoms with Gasteiger partial charge in [-0.3, -0.25) is 4.79 Å². The summed E-state index contributed by atoms with van der Waals surface area (Å²) in [6, 6.07) is 6.20. The van der Waals surface area contributed by atoms with Gasteiger partial charge in [0.1, 0.15) is 5.75 Å². The Bertz CT molecular complexity index is 402. The molecule has 0 bridgehead atoms. The second-order valence-electron chi connectivity index (χ2n) is 4.06. The highest BCUT2D eigenvalue weighted by atomic mass is 79.9. The van der Waals surface area contributed by atoms with Gasteiger partial charge in [-0.2, -0.15) is 0 Å². The molecule has 1 fully saturated rings. The molecule has 1 aromatic carbocycles. The van der Waals surface area contributed by atoms with Crippen LogP contribution in [0.1, 0.15) is 18.4 Å². The van der Waals surface area contributed by atoms with Crippen LogP contribution in [0.25, 0.3) is 0 Å². The summed E-state index contributed by atoms with van der Waals surface area (Å²) in [5.74, 6) is 0.668. The van der Waals surface area contributed by atoms with Gasteiger partial charge < -0.3 is 10.1 Å². The Morgan fingerprint density at radius 2 is 2.31 bits per heavy atom. The maximum atomic E-state index is 11.4. The van der Waals surface area contributed by atoms with Crippen molar-refractivity contribution in [3.05, 3.63) is 28.2 Å². The zero-order chi connectivity index (χ0) is 11.5. The first-order chi connectivity index (χ1) is 7.65. The molecule has 0 unspecified atom stereocenters. The number of benzene rings is 1. The predicted octanol–water partition coefficient (Wildman–Crippen LogP) is 2.41. The quantitative estimate of drug-likeness (QED) is 0.922. The summed E-state index contributed by atoms with van der Waals surface area (Å²) in [7, 11) is 0. The number of ether oxygens (including phenoxy) is 1. The second kappa shape index (κ2) is 4.87. The smallest absolute Gasteiger partial charge is 0.258 e. The number of carbonyl (C=O) groups is 1. The van der Waals surface area contributed by atoms with Gasteiger partial charge in [-0.05, 0) is 53.4 Å². The molecule has 1 aromatic rings. The minimum atomic E-state index is -0.0455. The number of rotatable bonds is 4. The van der Waals surface area contributed by atoms with Crippen molar-refractivity contribution in [3.63, 3.8) is 0 Å². The molecule has 2 rings (SSSR count). The predicted molar refractivity (Wildman–Crippen MR) is 65.5 cm³/mol. The highest BCUT2D eigenvalue weighted by Gasteiger charge is 2.23. The molecule has 1 saturated carbocycles. The Hall–Kier alpha value is -1.03. The molecule has 0 aliphatic heterocycles. The lowest BCUT2D eigenvalue weighted by Gasteiger charge is -2.09. The zero-order valence-electron chi connectivity index (χ0n) is 9.13. The average Bonchev–Trinajstić information content (AvgIpc) is 3.03. The molecule has 0 saturated heterocycles. The molecular weight excluding hydrogens is 270 g/mol. The van der Waals surface area contributed by atoms with E-state index in [2.05, 4.69) is 21.2 Å². The molecule has 86 valence electrons. The Kier molecular flexibility index (Phi) is 3.49. The van der Waals surface area contributed by atoms with E-state index in [4.69, 9.17) is 4.74 Å². The van der Waals surface area contributed by atoms with Gasteiger partial charge in [0.15, 0.2) is 6.61 Å². The summed E-state index contributed by atoms with van der Waals surface area (Å²) in [4.78, 5) is 11.4. The first kappa shape index (κ1) is 11.5. The van der Waals surface area contributed by atoms with E-state index in [0.29, 0.717) is 11.8 Å². The summed E-state index contributed by atoms with van der Waals surface area (Å²) in [6.45, 7) is 2.07. The second-order valence-corrected chi connectivity index (χ2v) is 4.92. The van der Waals surface area contributed by atoms with Crippen LogP contribution in [-0.4, -0.2) is 18.6 Å². The number of amides is 1. The molecule has 1 aliphatic rings. The summed E-state index contributed by atoms with van der Waals surface area (Å²) in [5.41, 5.74) is 1.11. The third-order valence-corrected chi connectivity index (χ3v) is 3.04. The van der Waals surface area contributed by atoms with Crippen molar-refractivity contribution >= 4 is 21.8 Å². The molecule has 0 atom stereocenters. The van der Waals surface area contributed by atoms with E-state index in [1.165, 1.54) is 0 Å². The zero-order valence-corrected chi connectivity index (χ0v) is 10.7. The minimum absolute atomic E-state index is 0.0455. The van der Waals surface area contributed by atoms with Crippen molar-refractivity contribution in [2.75, 3.05) is 6.61 Å². The normalized spacial score (nSPS) is 14.6. The monoisotopic (exact) mass is 283 g/mol. The fourth-order valence-corrected chi connectivity index (χ4v) is 1.72. The van der Waals surface area contributed by atoms with E-state index in [1.807, 2.05) is 25.1 Å². The van der Waals surface area contributed by atoms with Gasteiger partial charge in [-0.1, -0.05) is 6.07 Å². The molecule has 1 N–H and O–H groups in total. The van der Waals surface area contributed by atoms with Crippen LogP contribution in [0.15, 0.2) is 22.7 Å². The first-order valence-electron chi connectivity index (χ1n) is 5.33. The van der Waals surface area contributed by atoms with Crippen LogP contribution >= 0.6 is 15.9 Å². The third-order valence-electron chi connectivity index (χ3n) is 2.39. The third kappa shape index (κ3) is 3.23. The van der Waals surface area contributed by atoms with Crippen LogP contribution in [0.2, 0.25) is 0 Å². The average molecular weight is 284 g/mol. The molecule has 1 aliphatic carbocycles. The minimum Gasteiger partial charge on any atom is -0.483 e. The summed E-state index contributed by atoms with van der Waals surface area (Å²) in [6.07, 6.45) is 2.19. The van der Waals surface area contributed by atoms with Crippen LogP contribution in [0, 0.1) is 6.92 Å². The molecule has 1 amide bonds. The van der Waals surface area contributed by atoms with E-state index in [0.717, 1.165) is 22.9 Å². The van der Waals surface area contributed by atoms with Crippen LogP contribution in [0.5, 0.6) is 5.75 Å². The van der Waals surface area contributed by atoms with Crippen LogP contribution in [-0.2, 0) is 4.79 Å². The van der Waals surface area contributed by atoms with E-state index in [9.17, 15) is 4.79 Å². The molecule has 0 spiro atoms. The fraction of sp³-hybridized carbons (Fsp3) is 0.417. The summed E-state index contributed by atoms with van der Waals surface area (Å²) < 4.78 is 6.32. The number of nitrogens with one attached hydrogen (secondary N) is 1. The van der Waals surface area contributed by atoms with E-state index >= 15 is 0 Å². The number of halogens is 1. The van der Waals surface area contributed by atoms with Crippen molar-refractivity contribution in [3.8, 4) is 5.75 Å². The molecule has 0 aromatic heterocycles. The van der Waals surface area contributed by atoms with Crippen molar-refractivity contribution in [1.29, 1.82) is 0 Å². The van der Waals surface area contributed by atoms with Gasteiger partial charge in [0.05, 0.1) is 4.47 Å². The van der Waals surface area contributed by atoms with E-state index < -0.39 is 0 Å². The lowest BCUT2D eigenvalue weighted by Crippen LogP contribution is -2.30. The van der Waals surface area contributed by atoms with Crippen LogP contribution < -0.4 is 10.1 Å². The topological polar surface area (TPSA) is 38.3 Å². The molecule has 16 heavy (non-hydrogen) atoms. The number of hydrogen-bond acceptors (Lipinski definition) is 2. The largest absolute Gasteiger partial charge is 0.483 e. The van der Waals surface area contributed by atoms with Gasteiger partial charge in [0.2, 0.25) is 0 Å². The lowest BCUT2D eigenvalue weighted by molar-refractivity contribution is -0.123. The molecule has 4 heteroatoms. The van der Waals surface area contributed by atoms with Crippen molar-refractivity contribution in [2.45, 2.75) is 25.8 Å². The number of hydrogen-bond donors (Lipinski definition) is 1. The number of carbonyl (C=O) groups excluding carboxylic acids is 1. The standard InChI is InChI=1S/C12H14BrNO2/c1-8-2-5-10(13)11(6-8)16-7-12(15)14-9-3-4-9/h2,5-6,9H,3-4,7H2,1H3,(H,14,15).